The van der Waals surface area contributed by atoms with Crippen molar-refractivity contribution in [3.8, 4) is 0 Å². The maximum Gasteiger partial charge on any atom is 0.255 e. The molecule has 16 nitrogen and oxygen atoms in total. The van der Waals surface area contributed by atoms with Crippen LogP contribution in [0.15, 0.2) is 42.7 Å². The number of pyridine rings is 1. The summed E-state index contributed by atoms with van der Waals surface area (Å²) in [6.07, 6.45) is 8.86. The number of methoxy groups -OCH3 is 1. The van der Waals surface area contributed by atoms with Crippen molar-refractivity contribution >= 4 is 52.0 Å². The molecule has 306 valence electrons. The summed E-state index contributed by atoms with van der Waals surface area (Å²) < 4.78 is 7.64. The Bertz CT molecular complexity index is 2170. The highest BCUT2D eigenvalue weighted by Crippen LogP contribution is 2.33. The van der Waals surface area contributed by atoms with Crippen LogP contribution in [0.2, 0.25) is 0 Å². The largest absolute Gasteiger partial charge is 0.381 e. The monoisotopic (exact) mass is 790 g/mol. The molecule has 9 rings (SSSR count). The summed E-state index contributed by atoms with van der Waals surface area (Å²) in [6, 6.07) is 10.2. The minimum Gasteiger partial charge on any atom is -0.381 e. The van der Waals surface area contributed by atoms with Gasteiger partial charge in [-0.05, 0) is 82.3 Å². The molecule has 5 aliphatic heterocycles. The van der Waals surface area contributed by atoms with E-state index in [2.05, 4.69) is 71.9 Å². The van der Waals surface area contributed by atoms with Gasteiger partial charge in [-0.3, -0.25) is 34.2 Å². The van der Waals surface area contributed by atoms with E-state index in [1.54, 1.807) is 18.2 Å². The highest BCUT2D eigenvalue weighted by atomic mass is 16.5. The molecule has 16 heteroatoms. The van der Waals surface area contributed by atoms with Crippen LogP contribution in [0.5, 0.6) is 0 Å². The molecule has 3 amide bonds. The fourth-order valence-electron chi connectivity index (χ4n) is 9.43. The van der Waals surface area contributed by atoms with Gasteiger partial charge in [0.15, 0.2) is 5.82 Å². The predicted octanol–water partition coefficient (Wildman–Crippen LogP) is 3.71. The lowest BCUT2D eigenvalue weighted by atomic mass is 10.0. The van der Waals surface area contributed by atoms with Crippen LogP contribution in [0.1, 0.15) is 79.9 Å². The quantitative estimate of drug-likeness (QED) is 0.225. The number of hydrogen-bond donors (Lipinski definition) is 2. The summed E-state index contributed by atoms with van der Waals surface area (Å²) in [7, 11) is 1.78. The summed E-state index contributed by atoms with van der Waals surface area (Å²) in [5.41, 5.74) is 3.86. The van der Waals surface area contributed by atoms with Gasteiger partial charge in [0.1, 0.15) is 17.7 Å². The lowest BCUT2D eigenvalue weighted by molar-refractivity contribution is -0.136. The van der Waals surface area contributed by atoms with Gasteiger partial charge in [0.05, 0.1) is 17.0 Å². The van der Waals surface area contributed by atoms with Gasteiger partial charge in [0.25, 0.3) is 5.91 Å². The maximum atomic E-state index is 13.2. The Hall–Kier alpha value is -5.19. The van der Waals surface area contributed by atoms with Crippen LogP contribution in [0.25, 0.3) is 10.9 Å². The van der Waals surface area contributed by atoms with Crippen LogP contribution in [0.4, 0.5) is 23.4 Å². The smallest absolute Gasteiger partial charge is 0.255 e. The standard InChI is InChI=1S/C42H54N12O4/c1-27(2)54-35-23-37(45-36-8-13-43-42(46-36)52-16-11-31(58-3)12-17-52)44-24-33(35)39(48-54)51-20-18-50(19-21-51)30-9-14-49(15-10-30)25-28-4-5-32-29(22-28)26-53(41(32)57)34-6-7-38(55)47-40(34)56/h4-5,8,13,22-24,27,30-31,34H,6-7,9-12,14-21,25-26H2,1-3H3,(H,47,55,56)(H,43,44,45,46). The Labute approximate surface area is 338 Å². The van der Waals surface area contributed by atoms with Gasteiger partial charge in [-0.2, -0.15) is 10.1 Å². The first kappa shape index (κ1) is 38.3. The van der Waals surface area contributed by atoms with Crippen molar-refractivity contribution in [1.29, 1.82) is 0 Å². The SMILES string of the molecule is COC1CCN(c2nccc(Nc3cc4c(cn3)c(N3CCN(C5CCN(Cc6ccc7c(c6)CN(C6CCC(=O)NC6=O)C7=O)CC5)CC3)nn4C(C)C)n2)CC1. The number of anilines is 4. The Kier molecular flexibility index (Phi) is 10.7. The second-order valence-corrected chi connectivity index (χ2v) is 16.7. The number of imide groups is 1. The van der Waals surface area contributed by atoms with Crippen LogP contribution in [0.3, 0.4) is 0 Å². The Morgan fingerprint density at radius 1 is 0.879 bits per heavy atom. The molecule has 0 saturated carbocycles. The molecule has 2 N–H and O–H groups in total. The van der Waals surface area contributed by atoms with E-state index < -0.39 is 6.04 Å². The van der Waals surface area contributed by atoms with E-state index in [4.69, 9.17) is 19.8 Å². The fraction of sp³-hybridized carbons (Fsp3) is 0.548. The maximum absolute atomic E-state index is 13.2. The minimum absolute atomic E-state index is 0.125. The number of nitrogens with zero attached hydrogens (tertiary/aromatic N) is 10. The molecule has 3 aromatic heterocycles. The number of rotatable bonds is 10. The summed E-state index contributed by atoms with van der Waals surface area (Å²) >= 11 is 0. The Morgan fingerprint density at radius 3 is 2.41 bits per heavy atom. The number of hydrogen-bond acceptors (Lipinski definition) is 13. The van der Waals surface area contributed by atoms with Crippen LogP contribution in [-0.2, 0) is 27.4 Å². The number of amides is 3. The molecule has 8 heterocycles. The lowest BCUT2D eigenvalue weighted by Crippen LogP contribution is -2.53. The molecule has 1 aromatic carbocycles. The molecule has 1 unspecified atom stereocenters. The molecular weight excluding hydrogens is 737 g/mol. The number of carbonyl (C=O) groups is 3. The third-order valence-corrected chi connectivity index (χ3v) is 12.7. The van der Waals surface area contributed by atoms with Gasteiger partial charge in [0, 0.05) is 102 Å². The Balaban J connectivity index is 0.785. The average Bonchev–Trinajstić information content (AvgIpc) is 3.78. The van der Waals surface area contributed by atoms with Crippen LogP contribution < -0.4 is 20.4 Å². The molecule has 4 aromatic rings. The van der Waals surface area contributed by atoms with E-state index >= 15 is 0 Å². The number of piperazine rings is 1. The molecule has 0 aliphatic carbocycles. The molecular formula is C42H54N12O4. The van der Waals surface area contributed by atoms with Crippen LogP contribution >= 0.6 is 0 Å². The van der Waals surface area contributed by atoms with Gasteiger partial charge >= 0.3 is 0 Å². The van der Waals surface area contributed by atoms with Gasteiger partial charge in [0.2, 0.25) is 17.8 Å². The normalized spacial score (nSPS) is 21.7. The minimum atomic E-state index is -0.590. The molecule has 1 atom stereocenters. The van der Waals surface area contributed by atoms with Crippen LogP contribution in [-0.4, -0.2) is 135 Å². The number of ether oxygens (including phenoxy) is 1. The molecule has 0 spiro atoms. The van der Waals surface area contributed by atoms with Crippen molar-refractivity contribution in [2.45, 2.75) is 89.7 Å². The zero-order valence-corrected chi connectivity index (χ0v) is 33.8. The summed E-state index contributed by atoms with van der Waals surface area (Å²) in [6.45, 7) is 13.2. The first-order valence-corrected chi connectivity index (χ1v) is 20.9. The van der Waals surface area contributed by atoms with E-state index in [-0.39, 0.29) is 30.2 Å². The lowest BCUT2D eigenvalue weighted by Gasteiger charge is -2.43. The summed E-state index contributed by atoms with van der Waals surface area (Å²) in [4.78, 5) is 62.9. The van der Waals surface area contributed by atoms with Gasteiger partial charge in [-0.1, -0.05) is 12.1 Å². The number of benzene rings is 1. The summed E-state index contributed by atoms with van der Waals surface area (Å²) in [5, 5.41) is 12.0. The van der Waals surface area contributed by atoms with E-state index in [1.807, 2.05) is 18.3 Å². The van der Waals surface area contributed by atoms with Crippen molar-refractivity contribution in [3.05, 3.63) is 59.4 Å². The number of likely N-dealkylation sites (tertiary alicyclic amines) is 1. The van der Waals surface area contributed by atoms with Gasteiger partial charge in [-0.25, -0.2) is 9.97 Å². The van der Waals surface area contributed by atoms with E-state index in [1.165, 1.54) is 5.56 Å². The highest BCUT2D eigenvalue weighted by Gasteiger charge is 2.39. The van der Waals surface area contributed by atoms with Crippen molar-refractivity contribution in [2.75, 3.05) is 74.6 Å². The number of fused-ring (bicyclic) bond motifs is 2. The van der Waals surface area contributed by atoms with E-state index in [9.17, 15) is 14.4 Å². The molecule has 58 heavy (non-hydrogen) atoms. The zero-order valence-electron chi connectivity index (χ0n) is 33.8. The first-order chi connectivity index (χ1) is 28.2. The third kappa shape index (κ3) is 7.72. The predicted molar refractivity (Wildman–Crippen MR) is 220 cm³/mol. The van der Waals surface area contributed by atoms with Gasteiger partial charge in [-0.15, -0.1) is 0 Å². The van der Waals surface area contributed by atoms with Crippen LogP contribution in [0, 0.1) is 0 Å². The number of piperidine rings is 3. The number of nitrogens with one attached hydrogen (secondary N) is 2. The van der Waals surface area contributed by atoms with Crippen molar-refractivity contribution in [3.63, 3.8) is 0 Å². The topological polar surface area (TPSA) is 157 Å². The second-order valence-electron chi connectivity index (χ2n) is 16.7. The summed E-state index contributed by atoms with van der Waals surface area (Å²) in [5.74, 6) is 2.38. The van der Waals surface area contributed by atoms with E-state index in [0.717, 1.165) is 119 Å². The second kappa shape index (κ2) is 16.2. The van der Waals surface area contributed by atoms with E-state index in [0.29, 0.717) is 36.5 Å². The first-order valence-electron chi connectivity index (χ1n) is 20.9. The third-order valence-electron chi connectivity index (χ3n) is 12.7. The van der Waals surface area contributed by atoms with Gasteiger partial charge < -0.3 is 24.8 Å². The number of carbonyl (C=O) groups excluding carboxylic acids is 3. The average molecular weight is 791 g/mol. The van der Waals surface area contributed by atoms with Crippen molar-refractivity contribution < 1.29 is 19.1 Å². The van der Waals surface area contributed by atoms with Crippen molar-refractivity contribution in [2.24, 2.45) is 0 Å². The fourth-order valence-corrected chi connectivity index (χ4v) is 9.43. The van der Waals surface area contributed by atoms with Crippen molar-refractivity contribution in [1.82, 2.24) is 44.7 Å². The number of aromatic nitrogens is 5. The molecule has 0 bridgehead atoms. The molecule has 4 saturated heterocycles. The molecule has 0 radical (unpaired) electrons. The molecule has 4 fully saturated rings. The highest BCUT2D eigenvalue weighted by molar-refractivity contribution is 6.05. The zero-order chi connectivity index (χ0) is 39.9. The molecule has 5 aliphatic rings. The Morgan fingerprint density at radius 2 is 1.67 bits per heavy atom.